The molecule has 0 aliphatic heterocycles. The Hall–Kier alpha value is -0.530. The molecule has 0 spiro atoms. The van der Waals surface area contributed by atoms with Crippen molar-refractivity contribution in [3.8, 4) is 0 Å². The van der Waals surface area contributed by atoms with Crippen molar-refractivity contribution < 1.29 is 9.53 Å². The first-order valence-corrected chi connectivity index (χ1v) is 10.6. The highest BCUT2D eigenvalue weighted by atomic mass is 16.5. The number of rotatable bonds is 7. The van der Waals surface area contributed by atoms with Crippen LogP contribution in [0.25, 0.3) is 0 Å². The molecule has 0 aromatic rings. The monoisotopic (exact) mass is 334 g/mol. The van der Waals surface area contributed by atoms with Gasteiger partial charge in [-0.05, 0) is 74.5 Å². The van der Waals surface area contributed by atoms with Gasteiger partial charge < -0.3 is 4.74 Å². The first-order chi connectivity index (χ1) is 11.4. The van der Waals surface area contributed by atoms with Crippen LogP contribution in [0.3, 0.4) is 0 Å². The fourth-order valence-electron chi connectivity index (χ4n) is 6.22. The van der Waals surface area contributed by atoms with E-state index in [0.717, 1.165) is 43.4 Å². The fourth-order valence-corrected chi connectivity index (χ4v) is 6.22. The molecule has 3 saturated carbocycles. The molecule has 3 aliphatic rings. The summed E-state index contributed by atoms with van der Waals surface area (Å²) in [6, 6.07) is 0. The van der Waals surface area contributed by atoms with Crippen molar-refractivity contribution in [3.63, 3.8) is 0 Å². The van der Waals surface area contributed by atoms with Crippen LogP contribution in [0.4, 0.5) is 0 Å². The summed E-state index contributed by atoms with van der Waals surface area (Å²) >= 11 is 0. The van der Waals surface area contributed by atoms with E-state index < -0.39 is 0 Å². The van der Waals surface area contributed by atoms with Crippen LogP contribution in [-0.4, -0.2) is 12.1 Å². The van der Waals surface area contributed by atoms with Crippen molar-refractivity contribution in [2.75, 3.05) is 0 Å². The smallest absolute Gasteiger partial charge is 0.312 e. The average Bonchev–Trinajstić information content (AvgIpc) is 3.26. The normalized spacial score (nSPS) is 39.3. The van der Waals surface area contributed by atoms with E-state index in [1.165, 1.54) is 25.7 Å². The SMILES string of the molecule is CCC(C)CC(C)(C(=O)OC1CC2CC1C1CCCC21)[C@@H](C)CC. The summed E-state index contributed by atoms with van der Waals surface area (Å²) in [7, 11) is 0. The molecule has 3 fully saturated rings. The molecule has 2 bridgehead atoms. The Morgan fingerprint density at radius 1 is 1.08 bits per heavy atom. The van der Waals surface area contributed by atoms with Crippen molar-refractivity contribution in [1.29, 1.82) is 0 Å². The molecule has 0 aromatic heterocycles. The zero-order valence-electron chi connectivity index (χ0n) is 16.5. The van der Waals surface area contributed by atoms with Gasteiger partial charge in [-0.15, -0.1) is 0 Å². The number of ether oxygens (including phenoxy) is 1. The zero-order chi connectivity index (χ0) is 17.5. The maximum absolute atomic E-state index is 13.2. The maximum Gasteiger partial charge on any atom is 0.312 e. The topological polar surface area (TPSA) is 26.3 Å². The van der Waals surface area contributed by atoms with Gasteiger partial charge >= 0.3 is 5.97 Å². The maximum atomic E-state index is 13.2. The fraction of sp³-hybridized carbons (Fsp3) is 0.955. The lowest BCUT2D eigenvalue weighted by Crippen LogP contribution is -2.41. The standard InChI is InChI=1S/C22H38O2/c1-6-14(3)13-22(5,15(4)7-2)21(23)24-20-12-16-11-19(20)18-10-8-9-17(16)18/h14-20H,6-13H2,1-5H3/t14?,15-,16?,17?,18?,19?,20?,22?/m0/s1. The van der Waals surface area contributed by atoms with Crippen LogP contribution in [0.1, 0.15) is 86.0 Å². The zero-order valence-corrected chi connectivity index (χ0v) is 16.5. The summed E-state index contributed by atoms with van der Waals surface area (Å²) in [5.41, 5.74) is -0.318. The molecule has 3 aliphatic carbocycles. The molecule has 0 aromatic carbocycles. The lowest BCUT2D eigenvalue weighted by molar-refractivity contribution is -0.169. The average molecular weight is 335 g/mol. The molecule has 0 amide bonds. The van der Waals surface area contributed by atoms with E-state index in [-0.39, 0.29) is 17.5 Å². The number of carbonyl (C=O) groups is 1. The van der Waals surface area contributed by atoms with E-state index in [1.807, 2.05) is 0 Å². The third kappa shape index (κ3) is 3.03. The van der Waals surface area contributed by atoms with Gasteiger partial charge in [-0.25, -0.2) is 0 Å². The Bertz CT molecular complexity index is 459. The Kier molecular flexibility index (Phi) is 5.33. The van der Waals surface area contributed by atoms with Crippen LogP contribution in [-0.2, 0) is 9.53 Å². The summed E-state index contributed by atoms with van der Waals surface area (Å²) in [6.45, 7) is 11.1. The van der Waals surface area contributed by atoms with Gasteiger partial charge in [0.25, 0.3) is 0 Å². The predicted molar refractivity (Wildman–Crippen MR) is 98.6 cm³/mol. The summed E-state index contributed by atoms with van der Waals surface area (Å²) in [6.07, 6.45) is 10.1. The van der Waals surface area contributed by atoms with Crippen LogP contribution < -0.4 is 0 Å². The highest BCUT2D eigenvalue weighted by molar-refractivity contribution is 5.77. The minimum absolute atomic E-state index is 0.101. The van der Waals surface area contributed by atoms with Crippen LogP contribution >= 0.6 is 0 Å². The Labute approximate surface area is 149 Å². The van der Waals surface area contributed by atoms with Crippen molar-refractivity contribution >= 4 is 5.97 Å². The largest absolute Gasteiger partial charge is 0.462 e. The number of hydrogen-bond acceptors (Lipinski definition) is 2. The minimum Gasteiger partial charge on any atom is -0.462 e. The third-order valence-corrected chi connectivity index (χ3v) is 8.26. The lowest BCUT2D eigenvalue weighted by atomic mass is 9.70. The van der Waals surface area contributed by atoms with E-state index in [1.54, 1.807) is 0 Å². The van der Waals surface area contributed by atoms with Crippen molar-refractivity contribution in [3.05, 3.63) is 0 Å². The second-order valence-corrected chi connectivity index (χ2v) is 9.54. The van der Waals surface area contributed by atoms with E-state index in [2.05, 4.69) is 34.6 Å². The Morgan fingerprint density at radius 2 is 1.79 bits per heavy atom. The summed E-state index contributed by atoms with van der Waals surface area (Å²) in [5.74, 6) is 4.43. The van der Waals surface area contributed by atoms with Crippen LogP contribution in [0, 0.1) is 40.9 Å². The molecular formula is C22H38O2. The minimum atomic E-state index is -0.318. The van der Waals surface area contributed by atoms with Gasteiger partial charge in [0, 0.05) is 0 Å². The van der Waals surface area contributed by atoms with Gasteiger partial charge in [-0.1, -0.05) is 47.0 Å². The lowest BCUT2D eigenvalue weighted by Gasteiger charge is -2.38. The summed E-state index contributed by atoms with van der Waals surface area (Å²) < 4.78 is 6.25. The molecular weight excluding hydrogens is 296 g/mol. The number of fused-ring (bicyclic) bond motifs is 5. The highest BCUT2D eigenvalue weighted by Crippen LogP contribution is 2.59. The van der Waals surface area contributed by atoms with Crippen molar-refractivity contribution in [2.45, 2.75) is 92.1 Å². The molecule has 138 valence electrons. The van der Waals surface area contributed by atoms with E-state index in [4.69, 9.17) is 4.74 Å². The first-order valence-electron chi connectivity index (χ1n) is 10.6. The van der Waals surface area contributed by atoms with Gasteiger partial charge in [0.15, 0.2) is 0 Å². The second kappa shape index (κ2) is 7.00. The van der Waals surface area contributed by atoms with Gasteiger partial charge in [0.05, 0.1) is 5.41 Å². The molecule has 7 unspecified atom stereocenters. The highest BCUT2D eigenvalue weighted by Gasteiger charge is 2.56. The first kappa shape index (κ1) is 18.3. The Balaban J connectivity index is 1.68. The molecule has 8 atom stereocenters. The Morgan fingerprint density at radius 3 is 2.46 bits per heavy atom. The third-order valence-electron chi connectivity index (χ3n) is 8.26. The summed E-state index contributed by atoms with van der Waals surface area (Å²) in [4.78, 5) is 13.2. The summed E-state index contributed by atoms with van der Waals surface area (Å²) in [5, 5.41) is 0. The predicted octanol–water partition coefficient (Wildman–Crippen LogP) is 5.84. The van der Waals surface area contributed by atoms with E-state index >= 15 is 0 Å². The van der Waals surface area contributed by atoms with E-state index in [0.29, 0.717) is 17.8 Å². The second-order valence-electron chi connectivity index (χ2n) is 9.54. The quantitative estimate of drug-likeness (QED) is 0.546. The molecule has 0 radical (unpaired) electrons. The van der Waals surface area contributed by atoms with Gasteiger partial charge in [0.2, 0.25) is 0 Å². The van der Waals surface area contributed by atoms with Gasteiger partial charge in [-0.2, -0.15) is 0 Å². The molecule has 2 heteroatoms. The van der Waals surface area contributed by atoms with Crippen LogP contribution in [0.15, 0.2) is 0 Å². The van der Waals surface area contributed by atoms with Gasteiger partial charge in [0.1, 0.15) is 6.10 Å². The molecule has 0 heterocycles. The van der Waals surface area contributed by atoms with E-state index in [9.17, 15) is 4.79 Å². The number of hydrogen-bond donors (Lipinski definition) is 0. The van der Waals surface area contributed by atoms with Crippen molar-refractivity contribution in [2.24, 2.45) is 40.9 Å². The molecule has 24 heavy (non-hydrogen) atoms. The molecule has 3 rings (SSSR count). The molecule has 0 saturated heterocycles. The number of carbonyl (C=O) groups excluding carboxylic acids is 1. The molecule has 0 N–H and O–H groups in total. The van der Waals surface area contributed by atoms with Crippen LogP contribution in [0.2, 0.25) is 0 Å². The van der Waals surface area contributed by atoms with Crippen molar-refractivity contribution in [1.82, 2.24) is 0 Å². The number of esters is 1. The molecule has 2 nitrogen and oxygen atoms in total. The van der Waals surface area contributed by atoms with Gasteiger partial charge in [-0.3, -0.25) is 4.79 Å². The van der Waals surface area contributed by atoms with Crippen LogP contribution in [0.5, 0.6) is 0 Å².